The summed E-state index contributed by atoms with van der Waals surface area (Å²) in [5.74, 6) is 0.460. The van der Waals surface area contributed by atoms with Gasteiger partial charge in [0.05, 0.1) is 11.4 Å². The number of nitrogens with zero attached hydrogens (tertiary/aromatic N) is 2. The topological polar surface area (TPSA) is 19.6 Å². The third-order valence-electron chi connectivity index (χ3n) is 14.6. The first-order valence-corrected chi connectivity index (χ1v) is 25.6. The molecule has 0 bridgehead atoms. The number of hydrogen-bond acceptors (Lipinski definition) is 3. The molecule has 0 saturated heterocycles. The smallest absolute Gasteiger partial charge is 0.136 e. The predicted octanol–water partition coefficient (Wildman–Crippen LogP) is 20.6. The molecule has 0 N–H and O–H groups in total. The molecule has 1 heterocycles. The molecule has 0 spiro atoms. The van der Waals surface area contributed by atoms with Crippen molar-refractivity contribution in [1.82, 2.24) is 0 Å². The summed E-state index contributed by atoms with van der Waals surface area (Å²) in [5.41, 5.74) is 19.0. The van der Waals surface area contributed by atoms with Crippen LogP contribution in [0.3, 0.4) is 0 Å². The lowest BCUT2D eigenvalue weighted by Gasteiger charge is -2.28. The number of fused-ring (bicyclic) bond motifs is 5. The maximum atomic E-state index is 6.88. The van der Waals surface area contributed by atoms with Crippen molar-refractivity contribution in [3.05, 3.63) is 279 Å². The average Bonchev–Trinajstić information content (AvgIpc) is 3.81. The normalized spacial score (nSPS) is 11.5. The number of anilines is 6. The Kier molecular flexibility index (Phi) is 11.4. The Hall–Kier alpha value is -9.44. The molecule has 0 amide bonds. The molecule has 0 aliphatic carbocycles. The van der Waals surface area contributed by atoms with Crippen LogP contribution in [0.4, 0.5) is 34.1 Å². The maximum Gasteiger partial charge on any atom is 0.136 e. The summed E-state index contributed by atoms with van der Waals surface area (Å²) in [7, 11) is 0. The molecule has 3 heteroatoms. The summed E-state index contributed by atoms with van der Waals surface area (Å²) in [6.45, 7) is 4.49. The van der Waals surface area contributed by atoms with Crippen LogP contribution >= 0.6 is 0 Å². The molecule has 13 rings (SSSR count). The number of para-hydroxylation sites is 2. The van der Waals surface area contributed by atoms with Crippen molar-refractivity contribution < 1.29 is 4.42 Å². The Morgan fingerprint density at radius 2 is 0.689 bits per heavy atom. The molecule has 74 heavy (non-hydrogen) atoms. The largest absolute Gasteiger partial charge is 0.456 e. The summed E-state index contributed by atoms with van der Waals surface area (Å²) in [5, 5.41) is 6.73. The molecule has 12 aromatic carbocycles. The number of furan rings is 1. The van der Waals surface area contributed by atoms with Crippen LogP contribution in [-0.2, 0) is 0 Å². The van der Waals surface area contributed by atoms with Gasteiger partial charge in [0.25, 0.3) is 0 Å². The maximum absolute atomic E-state index is 6.88. The van der Waals surface area contributed by atoms with Gasteiger partial charge in [0, 0.05) is 44.6 Å². The van der Waals surface area contributed by atoms with E-state index >= 15 is 0 Å². The third-order valence-corrected chi connectivity index (χ3v) is 14.6. The highest BCUT2D eigenvalue weighted by Gasteiger charge is 2.21. The minimum Gasteiger partial charge on any atom is -0.456 e. The molecule has 3 nitrogen and oxygen atoms in total. The molecule has 13 aromatic rings. The summed E-state index contributed by atoms with van der Waals surface area (Å²) in [6, 6.07) is 98.9. The highest BCUT2D eigenvalue weighted by atomic mass is 16.3. The number of benzene rings is 12. The predicted molar refractivity (Wildman–Crippen MR) is 314 cm³/mol. The van der Waals surface area contributed by atoms with Crippen molar-refractivity contribution in [1.29, 1.82) is 0 Å². The van der Waals surface area contributed by atoms with Crippen molar-refractivity contribution >= 4 is 77.6 Å². The van der Waals surface area contributed by atoms with Crippen LogP contribution < -0.4 is 9.80 Å². The van der Waals surface area contributed by atoms with E-state index in [9.17, 15) is 0 Å². The fourth-order valence-corrected chi connectivity index (χ4v) is 10.7. The number of rotatable bonds is 11. The van der Waals surface area contributed by atoms with E-state index in [1.165, 1.54) is 38.9 Å². The number of hydrogen-bond donors (Lipinski definition) is 0. The summed E-state index contributed by atoms with van der Waals surface area (Å²) < 4.78 is 6.88. The van der Waals surface area contributed by atoms with Gasteiger partial charge in [0.2, 0.25) is 0 Å². The van der Waals surface area contributed by atoms with Gasteiger partial charge in [-0.1, -0.05) is 202 Å². The molecule has 0 aliphatic rings. The zero-order chi connectivity index (χ0) is 49.5. The molecule has 0 unspecified atom stereocenters. The molecular weight excluding hydrogens is 897 g/mol. The quantitative estimate of drug-likeness (QED) is 0.129. The van der Waals surface area contributed by atoms with Gasteiger partial charge in [-0.25, -0.2) is 0 Å². The Morgan fingerprint density at radius 3 is 1.23 bits per heavy atom. The Morgan fingerprint density at radius 1 is 0.284 bits per heavy atom. The lowest BCUT2D eigenvalue weighted by atomic mass is 9.97. The zero-order valence-corrected chi connectivity index (χ0v) is 41.4. The minimum absolute atomic E-state index is 0.460. The van der Waals surface area contributed by atoms with E-state index < -0.39 is 0 Å². The van der Waals surface area contributed by atoms with Gasteiger partial charge in [0.1, 0.15) is 11.2 Å². The Balaban J connectivity index is 0.920. The lowest BCUT2D eigenvalue weighted by Crippen LogP contribution is -2.11. The summed E-state index contributed by atoms with van der Waals surface area (Å²) >= 11 is 0. The highest BCUT2D eigenvalue weighted by molar-refractivity contribution is 6.14. The first-order chi connectivity index (χ1) is 36.5. The summed E-state index contributed by atoms with van der Waals surface area (Å²) in [4.78, 5) is 4.79. The molecule has 1 aromatic heterocycles. The summed E-state index contributed by atoms with van der Waals surface area (Å²) in [6.07, 6.45) is 0. The molecule has 0 radical (unpaired) electrons. The SMILES string of the molecule is CC(C)c1ccc(-c2ccccc2N(c2ccc(-c3ccccc3)cc2)c2ccc3cc4c(cc3c2)oc2cc3cc(N(c5cccc(-c6ccccc6)c5)c5ccccc5-c5ccccc5)ccc3cc24)cc1. The molecule has 0 fully saturated rings. The van der Waals surface area contributed by atoms with Crippen molar-refractivity contribution in [3.63, 3.8) is 0 Å². The van der Waals surface area contributed by atoms with Gasteiger partial charge in [-0.05, 0) is 151 Å². The van der Waals surface area contributed by atoms with Crippen LogP contribution in [0.5, 0.6) is 0 Å². The van der Waals surface area contributed by atoms with Gasteiger partial charge in [-0.3, -0.25) is 0 Å². The van der Waals surface area contributed by atoms with Crippen LogP contribution in [-0.4, -0.2) is 0 Å². The molecular formula is C71H52N2O. The monoisotopic (exact) mass is 948 g/mol. The highest BCUT2D eigenvalue weighted by Crippen LogP contribution is 2.46. The molecule has 0 aliphatic heterocycles. The molecule has 352 valence electrons. The van der Waals surface area contributed by atoms with Crippen molar-refractivity contribution in [2.75, 3.05) is 9.80 Å². The first-order valence-electron chi connectivity index (χ1n) is 25.6. The van der Waals surface area contributed by atoms with Crippen molar-refractivity contribution in [3.8, 4) is 44.5 Å². The standard InChI is InChI=1S/C71H52N2O/c1-48(2)49-29-31-54(32-30-49)65-26-13-14-27-68(65)72(60-37-33-52(34-38-60)50-17-6-3-7-18-50)62-39-35-56-44-66-67-45-57-36-40-63(43-59(57)47-71(67)74-70(66)46-58(56)42-62)73(61-24-16-23-55(41-61)51-19-8-4-9-20-51)69-28-15-12-25-64(69)53-21-10-5-11-22-53/h3-48H,1-2H3. The first kappa shape index (κ1) is 44.5. The van der Waals surface area contributed by atoms with Crippen LogP contribution in [0.2, 0.25) is 0 Å². The van der Waals surface area contributed by atoms with E-state index in [0.717, 1.165) is 88.7 Å². The van der Waals surface area contributed by atoms with E-state index in [1.807, 2.05) is 0 Å². The Bertz CT molecular complexity index is 4140. The second kappa shape index (κ2) is 19.0. The van der Waals surface area contributed by atoms with Crippen LogP contribution in [0.15, 0.2) is 277 Å². The van der Waals surface area contributed by atoms with Crippen molar-refractivity contribution in [2.24, 2.45) is 0 Å². The van der Waals surface area contributed by atoms with E-state index in [4.69, 9.17) is 4.42 Å². The molecule has 0 atom stereocenters. The second-order valence-electron chi connectivity index (χ2n) is 19.5. The zero-order valence-electron chi connectivity index (χ0n) is 41.4. The Labute approximate surface area is 432 Å². The molecule has 0 saturated carbocycles. The van der Waals surface area contributed by atoms with Crippen molar-refractivity contribution in [2.45, 2.75) is 19.8 Å². The average molecular weight is 949 g/mol. The van der Waals surface area contributed by atoms with Gasteiger partial charge in [-0.15, -0.1) is 0 Å². The second-order valence-corrected chi connectivity index (χ2v) is 19.5. The third kappa shape index (κ3) is 8.34. The van der Waals surface area contributed by atoms with Crippen LogP contribution in [0.25, 0.3) is 88.0 Å². The van der Waals surface area contributed by atoms with Gasteiger partial charge < -0.3 is 14.2 Å². The van der Waals surface area contributed by atoms with Crippen LogP contribution in [0, 0.1) is 0 Å². The van der Waals surface area contributed by atoms with E-state index in [2.05, 4.69) is 297 Å². The van der Waals surface area contributed by atoms with Gasteiger partial charge >= 0.3 is 0 Å². The van der Waals surface area contributed by atoms with E-state index in [1.54, 1.807) is 0 Å². The van der Waals surface area contributed by atoms with Gasteiger partial charge in [0.15, 0.2) is 0 Å². The lowest BCUT2D eigenvalue weighted by molar-refractivity contribution is 0.670. The van der Waals surface area contributed by atoms with Gasteiger partial charge in [-0.2, -0.15) is 0 Å². The van der Waals surface area contributed by atoms with E-state index in [0.29, 0.717) is 5.92 Å². The minimum atomic E-state index is 0.460. The van der Waals surface area contributed by atoms with Crippen LogP contribution in [0.1, 0.15) is 25.3 Å². The fraction of sp³-hybridized carbons (Fsp3) is 0.0423. The van der Waals surface area contributed by atoms with E-state index in [-0.39, 0.29) is 0 Å². The fourth-order valence-electron chi connectivity index (χ4n) is 10.7.